The Labute approximate surface area is 174 Å². The number of hydrogen-bond donors (Lipinski definition) is 1. The van der Waals surface area contributed by atoms with E-state index in [1.807, 2.05) is 25.1 Å². The Kier molecular flexibility index (Phi) is 5.94. The van der Waals surface area contributed by atoms with Gasteiger partial charge in [0.05, 0.1) is 17.9 Å². The topological polar surface area (TPSA) is 67.3 Å². The van der Waals surface area contributed by atoms with Gasteiger partial charge >= 0.3 is 5.97 Å². The van der Waals surface area contributed by atoms with Gasteiger partial charge in [-0.2, -0.15) is 4.98 Å². The molecular formula is C22H26N4O2S. The first-order chi connectivity index (χ1) is 14.2. The molecule has 1 aliphatic rings. The summed E-state index contributed by atoms with van der Waals surface area (Å²) in [6.07, 6.45) is 1.55. The van der Waals surface area contributed by atoms with Gasteiger partial charge in [0.25, 0.3) is 0 Å². The van der Waals surface area contributed by atoms with Crippen molar-refractivity contribution >= 4 is 39.3 Å². The second kappa shape index (κ2) is 8.78. The summed E-state index contributed by atoms with van der Waals surface area (Å²) in [7, 11) is 0. The number of aryl methyl sites for hydroxylation is 1. The number of hydrogen-bond acceptors (Lipinski definition) is 7. The Hall–Kier alpha value is -2.67. The third kappa shape index (κ3) is 4.34. The fraction of sp³-hybridized carbons (Fsp3) is 0.409. The van der Waals surface area contributed by atoms with E-state index in [9.17, 15) is 4.79 Å². The minimum atomic E-state index is -0.0809. The van der Waals surface area contributed by atoms with Crippen molar-refractivity contribution in [3.8, 4) is 0 Å². The van der Waals surface area contributed by atoms with Gasteiger partial charge in [0.1, 0.15) is 10.6 Å². The van der Waals surface area contributed by atoms with Crippen molar-refractivity contribution in [1.29, 1.82) is 0 Å². The Morgan fingerprint density at radius 1 is 1.24 bits per heavy atom. The van der Waals surface area contributed by atoms with Crippen LogP contribution in [-0.2, 0) is 16.1 Å². The summed E-state index contributed by atoms with van der Waals surface area (Å²) in [4.78, 5) is 24.9. The van der Waals surface area contributed by atoms with Gasteiger partial charge in [-0.25, -0.2) is 4.98 Å². The molecule has 0 amide bonds. The van der Waals surface area contributed by atoms with Crippen LogP contribution >= 0.6 is 11.3 Å². The molecule has 6 nitrogen and oxygen atoms in total. The zero-order chi connectivity index (χ0) is 20.2. The van der Waals surface area contributed by atoms with Crippen LogP contribution in [0.5, 0.6) is 0 Å². The van der Waals surface area contributed by atoms with E-state index in [1.165, 1.54) is 11.1 Å². The molecule has 1 aromatic carbocycles. The molecule has 7 heteroatoms. The molecule has 3 aromatic rings. The number of piperidine rings is 1. The molecule has 1 saturated heterocycles. The van der Waals surface area contributed by atoms with E-state index in [4.69, 9.17) is 14.7 Å². The number of ether oxygens (including phenoxy) is 1. The highest BCUT2D eigenvalue weighted by Crippen LogP contribution is 2.32. The lowest BCUT2D eigenvalue weighted by Crippen LogP contribution is -2.38. The van der Waals surface area contributed by atoms with E-state index in [1.54, 1.807) is 11.3 Å². The third-order valence-corrected chi connectivity index (χ3v) is 6.30. The van der Waals surface area contributed by atoms with E-state index < -0.39 is 0 Å². The van der Waals surface area contributed by atoms with Gasteiger partial charge in [-0.15, -0.1) is 11.3 Å². The summed E-state index contributed by atoms with van der Waals surface area (Å²) >= 11 is 1.65. The van der Waals surface area contributed by atoms with E-state index in [0.717, 1.165) is 47.9 Å². The zero-order valence-electron chi connectivity index (χ0n) is 16.9. The van der Waals surface area contributed by atoms with Gasteiger partial charge in [-0.1, -0.05) is 30.3 Å². The lowest BCUT2D eigenvalue weighted by molar-refractivity contribution is -0.148. The van der Waals surface area contributed by atoms with Crippen molar-refractivity contribution in [3.63, 3.8) is 0 Å². The zero-order valence-corrected chi connectivity index (χ0v) is 17.7. The summed E-state index contributed by atoms with van der Waals surface area (Å²) in [6, 6.07) is 10.3. The van der Waals surface area contributed by atoms with Crippen LogP contribution in [0.2, 0.25) is 0 Å². The minimum absolute atomic E-state index is 0.0189. The fourth-order valence-corrected chi connectivity index (χ4v) is 4.62. The van der Waals surface area contributed by atoms with Crippen LogP contribution in [-0.4, -0.2) is 35.6 Å². The lowest BCUT2D eigenvalue weighted by atomic mass is 9.97. The Balaban J connectivity index is 1.54. The van der Waals surface area contributed by atoms with E-state index in [0.29, 0.717) is 13.2 Å². The number of fused-ring (bicyclic) bond motifs is 1. The van der Waals surface area contributed by atoms with Crippen LogP contribution in [0.4, 0.5) is 11.8 Å². The second-order valence-corrected chi connectivity index (χ2v) is 8.18. The molecule has 1 N–H and O–H groups in total. The summed E-state index contributed by atoms with van der Waals surface area (Å²) < 4.78 is 5.18. The number of thiophene rings is 1. The second-order valence-electron chi connectivity index (χ2n) is 7.32. The number of carbonyl (C=O) groups excluding carboxylic acids is 1. The first-order valence-electron chi connectivity index (χ1n) is 10.1. The maximum atomic E-state index is 12.0. The number of esters is 1. The molecule has 1 aliphatic heterocycles. The Morgan fingerprint density at radius 2 is 2.00 bits per heavy atom. The first kappa shape index (κ1) is 19.6. The molecule has 0 atom stereocenters. The largest absolute Gasteiger partial charge is 0.466 e. The minimum Gasteiger partial charge on any atom is -0.466 e. The van der Waals surface area contributed by atoms with Crippen molar-refractivity contribution in [2.75, 3.05) is 29.9 Å². The standard InChI is InChI=1S/C22H26N4O2S/c1-3-28-21(27)17-9-11-26(12-10-17)22-24-19(18-15(2)14-29-20(18)25-22)23-13-16-7-5-4-6-8-16/h4-8,14,17H,3,9-13H2,1-2H3,(H,23,24,25). The summed E-state index contributed by atoms with van der Waals surface area (Å²) in [5, 5.41) is 6.73. The average molecular weight is 411 g/mol. The number of nitrogens with one attached hydrogen (secondary N) is 1. The number of carbonyl (C=O) groups is 1. The van der Waals surface area contributed by atoms with E-state index in [2.05, 4.69) is 34.7 Å². The van der Waals surface area contributed by atoms with Crippen molar-refractivity contribution in [1.82, 2.24) is 9.97 Å². The molecule has 0 radical (unpaired) electrons. The average Bonchev–Trinajstić information content (AvgIpc) is 3.14. The molecule has 2 aromatic heterocycles. The van der Waals surface area contributed by atoms with Crippen LogP contribution < -0.4 is 10.2 Å². The SMILES string of the molecule is CCOC(=O)C1CCN(c2nc(NCc3ccccc3)c3c(C)csc3n2)CC1. The van der Waals surface area contributed by atoms with E-state index in [-0.39, 0.29) is 11.9 Å². The molecule has 0 saturated carbocycles. The first-order valence-corrected chi connectivity index (χ1v) is 11.0. The smallest absolute Gasteiger partial charge is 0.309 e. The molecule has 152 valence electrons. The normalized spacial score (nSPS) is 14.9. The quantitative estimate of drug-likeness (QED) is 0.608. The maximum absolute atomic E-state index is 12.0. The van der Waals surface area contributed by atoms with Gasteiger partial charge < -0.3 is 15.0 Å². The van der Waals surface area contributed by atoms with Crippen LogP contribution in [0.3, 0.4) is 0 Å². The van der Waals surface area contributed by atoms with Crippen molar-refractivity contribution in [2.24, 2.45) is 5.92 Å². The summed E-state index contributed by atoms with van der Waals surface area (Å²) in [5.41, 5.74) is 2.40. The van der Waals surface area contributed by atoms with Crippen molar-refractivity contribution < 1.29 is 9.53 Å². The van der Waals surface area contributed by atoms with Gasteiger partial charge in [-0.05, 0) is 43.2 Å². The molecule has 3 heterocycles. The Morgan fingerprint density at radius 3 is 2.72 bits per heavy atom. The summed E-state index contributed by atoms with van der Waals surface area (Å²) in [5.74, 6) is 1.51. The number of nitrogens with zero attached hydrogens (tertiary/aromatic N) is 3. The Bertz CT molecular complexity index is 981. The van der Waals surface area contributed by atoms with Gasteiger partial charge in [0.2, 0.25) is 5.95 Å². The predicted octanol–water partition coefficient (Wildman–Crippen LogP) is 4.39. The molecule has 0 unspecified atom stereocenters. The van der Waals surface area contributed by atoms with Crippen molar-refractivity contribution in [3.05, 3.63) is 46.8 Å². The van der Waals surface area contributed by atoms with Gasteiger partial charge in [0, 0.05) is 19.6 Å². The fourth-order valence-electron chi connectivity index (χ4n) is 3.70. The number of aromatic nitrogens is 2. The highest BCUT2D eigenvalue weighted by molar-refractivity contribution is 7.17. The number of rotatable bonds is 6. The highest BCUT2D eigenvalue weighted by atomic mass is 32.1. The number of benzene rings is 1. The summed E-state index contributed by atoms with van der Waals surface area (Å²) in [6.45, 7) is 6.62. The van der Waals surface area contributed by atoms with E-state index >= 15 is 0 Å². The highest BCUT2D eigenvalue weighted by Gasteiger charge is 2.27. The van der Waals surface area contributed by atoms with Crippen molar-refractivity contribution in [2.45, 2.75) is 33.2 Å². The molecule has 1 fully saturated rings. The van der Waals surface area contributed by atoms with Crippen LogP contribution in [0, 0.1) is 12.8 Å². The molecule has 4 rings (SSSR count). The predicted molar refractivity (Wildman–Crippen MR) is 117 cm³/mol. The maximum Gasteiger partial charge on any atom is 0.309 e. The van der Waals surface area contributed by atoms with Crippen LogP contribution in [0.15, 0.2) is 35.7 Å². The van der Waals surface area contributed by atoms with Gasteiger partial charge in [0.15, 0.2) is 0 Å². The molecule has 0 spiro atoms. The third-order valence-electron chi connectivity index (χ3n) is 5.31. The monoisotopic (exact) mass is 410 g/mol. The van der Waals surface area contributed by atoms with Crippen LogP contribution in [0.1, 0.15) is 30.9 Å². The molecule has 29 heavy (non-hydrogen) atoms. The molecular weight excluding hydrogens is 384 g/mol. The van der Waals surface area contributed by atoms with Gasteiger partial charge in [-0.3, -0.25) is 4.79 Å². The molecule has 0 bridgehead atoms. The van der Waals surface area contributed by atoms with Crippen LogP contribution in [0.25, 0.3) is 10.2 Å². The molecule has 0 aliphatic carbocycles. The number of anilines is 2. The lowest BCUT2D eigenvalue weighted by Gasteiger charge is -2.31.